The van der Waals surface area contributed by atoms with Crippen molar-refractivity contribution in [2.75, 3.05) is 5.33 Å². The van der Waals surface area contributed by atoms with Crippen molar-refractivity contribution in [3.63, 3.8) is 0 Å². The summed E-state index contributed by atoms with van der Waals surface area (Å²) in [5, 5.41) is 1.03. The van der Waals surface area contributed by atoms with E-state index in [1.54, 1.807) is 0 Å². The van der Waals surface area contributed by atoms with E-state index >= 15 is 0 Å². The number of halogens is 1. The Morgan fingerprint density at radius 2 is 2.46 bits per heavy atom. The van der Waals surface area contributed by atoms with Crippen molar-refractivity contribution < 1.29 is 0 Å². The van der Waals surface area contributed by atoms with Crippen molar-refractivity contribution in [3.05, 3.63) is 23.8 Å². The fourth-order valence-corrected chi connectivity index (χ4v) is 2.39. The van der Waals surface area contributed by atoms with E-state index in [0.29, 0.717) is 5.92 Å². The fraction of sp³-hybridized carbons (Fsp3) is 0.636. The summed E-state index contributed by atoms with van der Waals surface area (Å²) in [5.74, 6) is 0.879. The summed E-state index contributed by atoms with van der Waals surface area (Å²) >= 11 is 3.54. The molecule has 2 heteroatoms. The van der Waals surface area contributed by atoms with Gasteiger partial charge in [0, 0.05) is 5.33 Å². The maximum atomic E-state index is 6.10. The zero-order valence-electron chi connectivity index (χ0n) is 8.17. The normalized spacial score (nSPS) is 24.2. The van der Waals surface area contributed by atoms with Crippen molar-refractivity contribution in [1.29, 1.82) is 0 Å². The number of alkyl halides is 1. The van der Waals surface area contributed by atoms with Crippen LogP contribution in [0.4, 0.5) is 0 Å². The van der Waals surface area contributed by atoms with E-state index in [0.717, 1.165) is 24.6 Å². The van der Waals surface area contributed by atoms with Gasteiger partial charge in [0.05, 0.1) is 7.85 Å². The zero-order valence-corrected chi connectivity index (χ0v) is 9.76. The fourth-order valence-electron chi connectivity index (χ4n) is 1.75. The Bertz CT molecular complexity index is 208. The Morgan fingerprint density at radius 3 is 3.08 bits per heavy atom. The molecule has 1 aliphatic carbocycles. The van der Waals surface area contributed by atoms with Gasteiger partial charge < -0.3 is 0 Å². The van der Waals surface area contributed by atoms with Crippen LogP contribution < -0.4 is 0 Å². The number of hydrogen-bond donors (Lipinski definition) is 0. The first-order valence-electron chi connectivity index (χ1n) is 4.97. The molecule has 0 N–H and O–H groups in total. The largest absolute Gasteiger partial charge is 0.0921 e. The van der Waals surface area contributed by atoms with E-state index < -0.39 is 0 Å². The second-order valence-electron chi connectivity index (χ2n) is 3.58. The minimum absolute atomic E-state index is 0.262. The number of rotatable bonds is 4. The molecule has 0 spiro atoms. The van der Waals surface area contributed by atoms with Crippen LogP contribution in [0.3, 0.4) is 0 Å². The van der Waals surface area contributed by atoms with Gasteiger partial charge in [-0.2, -0.15) is 0 Å². The van der Waals surface area contributed by atoms with Gasteiger partial charge in [-0.3, -0.25) is 0 Å². The zero-order chi connectivity index (χ0) is 9.68. The van der Waals surface area contributed by atoms with Gasteiger partial charge >= 0.3 is 0 Å². The van der Waals surface area contributed by atoms with Crippen LogP contribution in [-0.4, -0.2) is 13.2 Å². The van der Waals surface area contributed by atoms with E-state index in [-0.39, 0.29) is 5.82 Å². The molecule has 0 bridgehead atoms. The third-order valence-electron chi connectivity index (χ3n) is 2.53. The highest BCUT2D eigenvalue weighted by atomic mass is 79.9. The van der Waals surface area contributed by atoms with Gasteiger partial charge in [0.25, 0.3) is 0 Å². The van der Waals surface area contributed by atoms with Crippen LogP contribution in [0.25, 0.3) is 0 Å². The predicted octanol–water partition coefficient (Wildman–Crippen LogP) is 3.64. The lowest BCUT2D eigenvalue weighted by Gasteiger charge is -2.25. The highest BCUT2D eigenvalue weighted by Crippen LogP contribution is 2.32. The minimum atomic E-state index is 0.262. The topological polar surface area (TPSA) is 0 Å². The average Bonchev–Trinajstić information content (AvgIpc) is 2.18. The number of allylic oxidation sites excluding steroid dienone is 4. The molecule has 1 rings (SSSR count). The maximum absolute atomic E-state index is 6.10. The molecule has 0 saturated heterocycles. The summed E-state index contributed by atoms with van der Waals surface area (Å²) in [6, 6.07) is 0. The van der Waals surface area contributed by atoms with Gasteiger partial charge in [-0.15, -0.1) is 0 Å². The molecule has 2 atom stereocenters. The highest BCUT2D eigenvalue weighted by Gasteiger charge is 2.18. The van der Waals surface area contributed by atoms with Crippen LogP contribution in [-0.2, 0) is 0 Å². The van der Waals surface area contributed by atoms with Crippen LogP contribution in [0, 0.1) is 5.92 Å². The van der Waals surface area contributed by atoms with E-state index in [9.17, 15) is 0 Å². The smallest absolute Gasteiger partial charge is 0.0759 e. The molecule has 1 aliphatic rings. The molecule has 0 aliphatic heterocycles. The Labute approximate surface area is 91.0 Å². The van der Waals surface area contributed by atoms with Crippen LogP contribution in [0.2, 0.25) is 5.82 Å². The van der Waals surface area contributed by atoms with E-state index in [1.807, 2.05) is 0 Å². The van der Waals surface area contributed by atoms with Crippen molar-refractivity contribution in [2.24, 2.45) is 5.92 Å². The lowest BCUT2D eigenvalue weighted by atomic mass is 9.71. The van der Waals surface area contributed by atoms with Gasteiger partial charge in [-0.1, -0.05) is 65.3 Å². The molecule has 0 nitrogen and oxygen atoms in total. The molecule has 2 unspecified atom stereocenters. The van der Waals surface area contributed by atoms with E-state index in [4.69, 9.17) is 7.85 Å². The molecule has 0 fully saturated rings. The molecule has 0 aromatic heterocycles. The standard InChI is InChI=1S/C11H16BBr/c1-2-5-11(12)10-7-4-3-6-9(10)8-13/h3-4,7,9,11H,2,5-6,8H2,1H3. The lowest BCUT2D eigenvalue weighted by molar-refractivity contribution is 0.636. The Hall–Kier alpha value is 0.0249. The van der Waals surface area contributed by atoms with Gasteiger partial charge in [0.2, 0.25) is 0 Å². The monoisotopic (exact) mass is 238 g/mol. The SMILES string of the molecule is [B]C(CCC)C1=CC=CCC1CBr. The molecular weight excluding hydrogens is 223 g/mol. The number of hydrogen-bond acceptors (Lipinski definition) is 0. The van der Waals surface area contributed by atoms with Crippen molar-refractivity contribution in [1.82, 2.24) is 0 Å². The summed E-state index contributed by atoms with van der Waals surface area (Å²) in [7, 11) is 6.10. The molecule has 13 heavy (non-hydrogen) atoms. The Morgan fingerprint density at radius 1 is 1.69 bits per heavy atom. The summed E-state index contributed by atoms with van der Waals surface area (Å²) in [4.78, 5) is 0. The molecule has 0 aromatic rings. The summed E-state index contributed by atoms with van der Waals surface area (Å²) in [6.45, 7) is 2.18. The Balaban J connectivity index is 2.62. The Kier molecular flexibility index (Phi) is 4.86. The second-order valence-corrected chi connectivity index (χ2v) is 4.22. The molecular formula is C11H16BBr. The lowest BCUT2D eigenvalue weighted by Crippen LogP contribution is -2.12. The molecule has 0 heterocycles. The molecule has 2 radical (unpaired) electrons. The van der Waals surface area contributed by atoms with Gasteiger partial charge in [0.1, 0.15) is 0 Å². The van der Waals surface area contributed by atoms with Gasteiger partial charge in [-0.25, -0.2) is 0 Å². The first kappa shape index (κ1) is 11.1. The van der Waals surface area contributed by atoms with Crippen LogP contribution >= 0.6 is 15.9 Å². The predicted molar refractivity (Wildman–Crippen MR) is 63.5 cm³/mol. The first-order valence-corrected chi connectivity index (χ1v) is 6.09. The summed E-state index contributed by atoms with van der Waals surface area (Å²) in [5.41, 5.74) is 1.42. The third-order valence-corrected chi connectivity index (χ3v) is 3.31. The van der Waals surface area contributed by atoms with Crippen molar-refractivity contribution >= 4 is 23.8 Å². The van der Waals surface area contributed by atoms with E-state index in [2.05, 4.69) is 41.1 Å². The maximum Gasteiger partial charge on any atom is 0.0759 e. The van der Waals surface area contributed by atoms with Crippen molar-refractivity contribution in [2.45, 2.75) is 32.0 Å². The average molecular weight is 239 g/mol. The second kappa shape index (κ2) is 5.69. The van der Waals surface area contributed by atoms with Crippen molar-refractivity contribution in [3.8, 4) is 0 Å². The van der Waals surface area contributed by atoms with Crippen LogP contribution in [0.15, 0.2) is 23.8 Å². The van der Waals surface area contributed by atoms with Crippen LogP contribution in [0.1, 0.15) is 26.2 Å². The molecule has 0 aromatic carbocycles. The molecule has 0 saturated carbocycles. The van der Waals surface area contributed by atoms with Crippen LogP contribution in [0.5, 0.6) is 0 Å². The molecule has 0 amide bonds. The highest BCUT2D eigenvalue weighted by molar-refractivity contribution is 9.09. The minimum Gasteiger partial charge on any atom is -0.0921 e. The molecule has 70 valence electrons. The summed E-state index contributed by atoms with van der Waals surface area (Å²) < 4.78 is 0. The third kappa shape index (κ3) is 3.01. The van der Waals surface area contributed by atoms with E-state index in [1.165, 1.54) is 5.57 Å². The van der Waals surface area contributed by atoms with Gasteiger partial charge in [-0.05, 0) is 12.3 Å². The quantitative estimate of drug-likeness (QED) is 0.518. The van der Waals surface area contributed by atoms with Gasteiger partial charge in [0.15, 0.2) is 0 Å². The first-order chi connectivity index (χ1) is 6.29. The summed E-state index contributed by atoms with van der Waals surface area (Å²) in [6.07, 6.45) is 9.93.